The Bertz CT molecular complexity index is 1100. The summed E-state index contributed by atoms with van der Waals surface area (Å²) in [6, 6.07) is 9.67. The first kappa shape index (κ1) is 17.6. The van der Waals surface area contributed by atoms with E-state index in [-0.39, 0.29) is 5.69 Å². The van der Waals surface area contributed by atoms with Crippen LogP contribution >= 0.6 is 22.9 Å². The van der Waals surface area contributed by atoms with Crippen LogP contribution in [-0.2, 0) is 16.0 Å². The lowest BCUT2D eigenvalue weighted by molar-refractivity contribution is -0.137. The van der Waals surface area contributed by atoms with Gasteiger partial charge in [0.2, 0.25) is 0 Å². The summed E-state index contributed by atoms with van der Waals surface area (Å²) >= 11 is 7.34. The third kappa shape index (κ3) is 2.87. The molecule has 3 aromatic rings. The number of nitrogens with zero attached hydrogens (tertiary/aromatic N) is 2. The summed E-state index contributed by atoms with van der Waals surface area (Å²) in [6.45, 7) is -0.464. The molecule has 7 nitrogen and oxygen atoms in total. The van der Waals surface area contributed by atoms with Gasteiger partial charge in [-0.2, -0.15) is 0 Å². The van der Waals surface area contributed by atoms with Crippen molar-refractivity contribution in [1.29, 1.82) is 0 Å². The maximum absolute atomic E-state index is 13.2. The van der Waals surface area contributed by atoms with Gasteiger partial charge in [0.15, 0.2) is 0 Å². The zero-order valence-electron chi connectivity index (χ0n) is 13.9. The monoisotopic (exact) mass is 403 g/mol. The third-order valence-electron chi connectivity index (χ3n) is 4.58. The van der Waals surface area contributed by atoms with E-state index in [1.165, 1.54) is 16.2 Å². The number of nitrogens with two attached hydrogens (primary N) is 1. The van der Waals surface area contributed by atoms with Crippen molar-refractivity contribution in [2.75, 3.05) is 11.4 Å². The normalized spacial score (nSPS) is 16.6. The number of carboxylic acid groups (broad SMARTS) is 1. The van der Waals surface area contributed by atoms with Crippen molar-refractivity contribution >= 4 is 56.6 Å². The van der Waals surface area contributed by atoms with Gasteiger partial charge in [0, 0.05) is 17.5 Å². The number of aromatic nitrogens is 1. The fourth-order valence-corrected chi connectivity index (χ4v) is 4.79. The van der Waals surface area contributed by atoms with Crippen molar-refractivity contribution in [1.82, 2.24) is 4.57 Å². The molecule has 138 valence electrons. The van der Waals surface area contributed by atoms with E-state index in [1.807, 2.05) is 12.1 Å². The van der Waals surface area contributed by atoms with E-state index in [0.717, 1.165) is 10.9 Å². The number of anilines is 1. The molecule has 1 unspecified atom stereocenters. The van der Waals surface area contributed by atoms with E-state index in [9.17, 15) is 19.5 Å². The lowest BCUT2D eigenvalue weighted by Crippen LogP contribution is -2.45. The Balaban J connectivity index is 1.91. The van der Waals surface area contributed by atoms with Gasteiger partial charge in [-0.05, 0) is 23.8 Å². The number of benzene rings is 1. The molecule has 1 aromatic carbocycles. The summed E-state index contributed by atoms with van der Waals surface area (Å²) in [5.41, 5.74) is 7.11. The van der Waals surface area contributed by atoms with Crippen LogP contribution in [0.15, 0.2) is 36.4 Å². The molecule has 1 aliphatic heterocycles. The molecule has 2 amide bonds. The standard InChI is InChI=1S/C18H14ClN3O4S/c19-14-7-10-6-12(16(20)25)22(18(10)27-14)13-5-9-3-1-2-4-11(9)21(17(13)26)8-15(23)24/h1-4,6-7,13H,5,8H2,(H2,20,25)(H,23,24). The average Bonchev–Trinajstić information content (AvgIpc) is 3.13. The number of para-hydroxylation sites is 1. The number of hydrogen-bond donors (Lipinski definition) is 2. The van der Waals surface area contributed by atoms with Gasteiger partial charge in [-0.1, -0.05) is 29.8 Å². The predicted molar refractivity (Wildman–Crippen MR) is 103 cm³/mol. The molecule has 0 fully saturated rings. The molecular formula is C18H14ClN3O4S. The highest BCUT2D eigenvalue weighted by molar-refractivity contribution is 7.22. The molecule has 1 aliphatic rings. The highest BCUT2D eigenvalue weighted by Crippen LogP contribution is 2.39. The number of aliphatic carboxylic acids is 1. The molecule has 3 N–H and O–H groups in total. The van der Waals surface area contributed by atoms with Crippen LogP contribution in [-0.4, -0.2) is 34.0 Å². The minimum Gasteiger partial charge on any atom is -0.480 e. The number of halogens is 1. The van der Waals surface area contributed by atoms with Crippen LogP contribution in [0.25, 0.3) is 10.2 Å². The highest BCUT2D eigenvalue weighted by Gasteiger charge is 2.37. The van der Waals surface area contributed by atoms with Gasteiger partial charge in [0.25, 0.3) is 11.8 Å². The number of amides is 2. The Morgan fingerprint density at radius 1 is 1.30 bits per heavy atom. The zero-order valence-corrected chi connectivity index (χ0v) is 15.5. The number of fused-ring (bicyclic) bond motifs is 2. The minimum atomic E-state index is -1.12. The first-order chi connectivity index (χ1) is 12.9. The lowest BCUT2D eigenvalue weighted by atomic mass is 9.96. The number of carbonyl (C=O) groups excluding carboxylic acids is 2. The van der Waals surface area contributed by atoms with Gasteiger partial charge in [-0.25, -0.2) is 0 Å². The second kappa shape index (κ2) is 6.40. The maximum atomic E-state index is 13.2. The van der Waals surface area contributed by atoms with Crippen LogP contribution in [0.1, 0.15) is 22.1 Å². The van der Waals surface area contributed by atoms with Crippen molar-refractivity contribution in [3.05, 3.63) is 52.0 Å². The quantitative estimate of drug-likeness (QED) is 0.698. The molecule has 0 radical (unpaired) electrons. The van der Waals surface area contributed by atoms with E-state index < -0.39 is 30.4 Å². The summed E-state index contributed by atoms with van der Waals surface area (Å²) < 4.78 is 2.11. The van der Waals surface area contributed by atoms with E-state index >= 15 is 0 Å². The van der Waals surface area contributed by atoms with Gasteiger partial charge in [0.1, 0.15) is 23.1 Å². The molecular weight excluding hydrogens is 390 g/mol. The van der Waals surface area contributed by atoms with Crippen LogP contribution in [0.4, 0.5) is 5.69 Å². The smallest absolute Gasteiger partial charge is 0.323 e. The first-order valence-corrected chi connectivity index (χ1v) is 9.27. The molecule has 0 aliphatic carbocycles. The van der Waals surface area contributed by atoms with Crippen LogP contribution < -0.4 is 10.6 Å². The molecule has 27 heavy (non-hydrogen) atoms. The minimum absolute atomic E-state index is 0.195. The summed E-state index contributed by atoms with van der Waals surface area (Å²) in [5.74, 6) is -2.18. The van der Waals surface area contributed by atoms with Crippen LogP contribution in [0.3, 0.4) is 0 Å². The van der Waals surface area contributed by atoms with Gasteiger partial charge >= 0.3 is 5.97 Å². The fourth-order valence-electron chi connectivity index (χ4n) is 3.52. The van der Waals surface area contributed by atoms with Crippen molar-refractivity contribution in [3.63, 3.8) is 0 Å². The average molecular weight is 404 g/mol. The summed E-state index contributed by atoms with van der Waals surface area (Å²) in [6.07, 6.45) is 0.324. The summed E-state index contributed by atoms with van der Waals surface area (Å²) in [7, 11) is 0. The van der Waals surface area contributed by atoms with E-state index in [4.69, 9.17) is 17.3 Å². The van der Waals surface area contributed by atoms with E-state index in [2.05, 4.69) is 0 Å². The maximum Gasteiger partial charge on any atom is 0.323 e. The largest absolute Gasteiger partial charge is 0.480 e. The first-order valence-electron chi connectivity index (χ1n) is 8.08. The molecule has 0 saturated heterocycles. The molecule has 4 rings (SSSR count). The number of thiophene rings is 1. The van der Waals surface area contributed by atoms with Crippen molar-refractivity contribution in [2.24, 2.45) is 5.73 Å². The zero-order chi connectivity index (χ0) is 19.3. The van der Waals surface area contributed by atoms with Gasteiger partial charge in [-0.3, -0.25) is 19.3 Å². The van der Waals surface area contributed by atoms with E-state index in [1.54, 1.807) is 28.8 Å². The van der Waals surface area contributed by atoms with Gasteiger partial charge < -0.3 is 15.4 Å². The second-order valence-corrected chi connectivity index (χ2v) is 7.90. The Morgan fingerprint density at radius 3 is 2.74 bits per heavy atom. The molecule has 0 bridgehead atoms. The summed E-state index contributed by atoms with van der Waals surface area (Å²) in [5, 5.41) is 9.97. The number of hydrogen-bond acceptors (Lipinski definition) is 4. The summed E-state index contributed by atoms with van der Waals surface area (Å²) in [4.78, 5) is 38.4. The van der Waals surface area contributed by atoms with Gasteiger partial charge in [-0.15, -0.1) is 11.3 Å². The van der Waals surface area contributed by atoms with Crippen molar-refractivity contribution < 1.29 is 19.5 Å². The Labute approximate surface area is 162 Å². The molecule has 3 heterocycles. The highest BCUT2D eigenvalue weighted by atomic mass is 35.5. The lowest BCUT2D eigenvalue weighted by Gasteiger charge is -2.34. The number of carbonyl (C=O) groups is 3. The molecule has 0 spiro atoms. The van der Waals surface area contributed by atoms with Crippen LogP contribution in [0.2, 0.25) is 4.34 Å². The third-order valence-corrected chi connectivity index (χ3v) is 5.86. The number of primary amides is 1. The molecule has 2 aromatic heterocycles. The Morgan fingerprint density at radius 2 is 2.04 bits per heavy atom. The van der Waals surface area contributed by atoms with Crippen molar-refractivity contribution in [2.45, 2.75) is 12.5 Å². The predicted octanol–water partition coefficient (Wildman–Crippen LogP) is 2.67. The fraction of sp³-hybridized carbons (Fsp3) is 0.167. The topological polar surface area (TPSA) is 106 Å². The Kier molecular flexibility index (Phi) is 4.16. The molecule has 0 saturated carbocycles. The Hall–Kier alpha value is -2.84. The second-order valence-electron chi connectivity index (χ2n) is 6.24. The van der Waals surface area contributed by atoms with Crippen LogP contribution in [0, 0.1) is 0 Å². The number of carboxylic acids is 1. The molecule has 1 atom stereocenters. The van der Waals surface area contributed by atoms with Crippen LogP contribution in [0.5, 0.6) is 0 Å². The SMILES string of the molecule is NC(=O)c1cc2cc(Cl)sc2n1C1Cc2ccccc2N(CC(=O)O)C1=O. The van der Waals surface area contributed by atoms with Gasteiger partial charge in [0.05, 0.1) is 4.34 Å². The van der Waals surface area contributed by atoms with Crippen molar-refractivity contribution in [3.8, 4) is 0 Å². The molecule has 9 heteroatoms. The number of rotatable bonds is 4. The van der Waals surface area contributed by atoms with E-state index in [0.29, 0.717) is 21.3 Å².